The molecule has 0 radical (unpaired) electrons. The van der Waals surface area contributed by atoms with Gasteiger partial charge in [0, 0.05) is 5.39 Å². The molecule has 0 aliphatic heterocycles. The van der Waals surface area contributed by atoms with Crippen molar-refractivity contribution in [2.24, 2.45) is 0 Å². The number of aromatic hydroxyl groups is 1. The van der Waals surface area contributed by atoms with Crippen molar-refractivity contribution < 1.29 is 14.4 Å². The third-order valence-corrected chi connectivity index (χ3v) is 2.48. The zero-order chi connectivity index (χ0) is 12.7. The Balaban J connectivity index is 2.97. The van der Waals surface area contributed by atoms with Gasteiger partial charge in [-0.2, -0.15) is 0 Å². The molecule has 1 aromatic carbocycles. The second kappa shape index (κ2) is 3.70. The molecule has 0 atom stereocenters. The van der Waals surface area contributed by atoms with Crippen LogP contribution < -0.4 is 5.56 Å². The summed E-state index contributed by atoms with van der Waals surface area (Å²) in [6, 6.07) is 1.88. The topological polar surface area (TPSA) is 96.2 Å². The summed E-state index contributed by atoms with van der Waals surface area (Å²) in [6.07, 6.45) is 0. The first-order chi connectivity index (χ1) is 7.91. The molecule has 0 aliphatic rings. The number of hydrogen-bond donors (Lipinski definition) is 2. The van der Waals surface area contributed by atoms with E-state index >= 15 is 0 Å². The quantitative estimate of drug-likeness (QED) is 0.603. The number of halogens is 2. The van der Waals surface area contributed by atoms with Gasteiger partial charge in [-0.3, -0.25) is 14.9 Å². The van der Waals surface area contributed by atoms with E-state index in [0.717, 1.165) is 12.1 Å². The zero-order valence-corrected chi connectivity index (χ0v) is 8.79. The van der Waals surface area contributed by atoms with Gasteiger partial charge in [0.05, 0.1) is 15.5 Å². The minimum atomic E-state index is -1.11. The summed E-state index contributed by atoms with van der Waals surface area (Å²) in [5.41, 5.74) is -2.18. The number of fused-ring (bicyclic) bond motifs is 1. The first-order valence-corrected chi connectivity index (χ1v) is 4.68. The van der Waals surface area contributed by atoms with Crippen LogP contribution in [-0.4, -0.2) is 15.0 Å². The smallest absolute Gasteiger partial charge is 0.375 e. The SMILES string of the molecule is O=c1[nH]c2cc(F)c(Cl)cc2c(O)c1[N+](=O)[O-]. The van der Waals surface area contributed by atoms with E-state index in [4.69, 9.17) is 11.6 Å². The summed E-state index contributed by atoms with van der Waals surface area (Å²) in [6.45, 7) is 0. The van der Waals surface area contributed by atoms with E-state index in [1.807, 2.05) is 0 Å². The molecule has 0 fully saturated rings. The summed E-state index contributed by atoms with van der Waals surface area (Å²) in [4.78, 5) is 22.9. The van der Waals surface area contributed by atoms with Crippen LogP contribution in [0.15, 0.2) is 16.9 Å². The second-order valence-corrected chi connectivity index (χ2v) is 3.63. The monoisotopic (exact) mass is 258 g/mol. The van der Waals surface area contributed by atoms with Crippen LogP contribution in [0.3, 0.4) is 0 Å². The lowest BCUT2D eigenvalue weighted by molar-refractivity contribution is -0.387. The number of H-pyrrole nitrogens is 1. The molecular formula is C9H4ClFN2O4. The van der Waals surface area contributed by atoms with Crippen LogP contribution in [0.5, 0.6) is 5.75 Å². The maximum atomic E-state index is 13.1. The number of nitrogens with one attached hydrogen (secondary N) is 1. The van der Waals surface area contributed by atoms with Gasteiger partial charge < -0.3 is 10.1 Å². The minimum Gasteiger partial charge on any atom is -0.501 e. The van der Waals surface area contributed by atoms with Crippen molar-refractivity contribution in [1.29, 1.82) is 0 Å². The van der Waals surface area contributed by atoms with Crippen LogP contribution in [-0.2, 0) is 0 Å². The van der Waals surface area contributed by atoms with E-state index in [1.165, 1.54) is 0 Å². The van der Waals surface area contributed by atoms with Crippen molar-refractivity contribution >= 4 is 28.2 Å². The molecule has 2 aromatic rings. The molecule has 0 aliphatic carbocycles. The fraction of sp³-hybridized carbons (Fsp3) is 0. The Hall–Kier alpha value is -2.15. The van der Waals surface area contributed by atoms with Gasteiger partial charge in [-0.25, -0.2) is 4.39 Å². The lowest BCUT2D eigenvalue weighted by Crippen LogP contribution is -2.11. The Morgan fingerprint density at radius 2 is 2.12 bits per heavy atom. The standard InChI is InChI=1S/C9H4ClFN2O4/c10-4-1-3-6(2-5(4)11)12-9(15)7(8(3)14)13(16)17/h1-2H,(H2,12,14,15). The predicted octanol–water partition coefficient (Wildman–Crippen LogP) is 1.93. The molecule has 6 nitrogen and oxygen atoms in total. The number of pyridine rings is 1. The summed E-state index contributed by atoms with van der Waals surface area (Å²) < 4.78 is 13.1. The average Bonchev–Trinajstić information content (AvgIpc) is 2.21. The van der Waals surface area contributed by atoms with Crippen LogP contribution in [0.25, 0.3) is 10.9 Å². The number of benzene rings is 1. The van der Waals surface area contributed by atoms with E-state index in [-0.39, 0.29) is 15.9 Å². The van der Waals surface area contributed by atoms with Crippen molar-refractivity contribution in [3.63, 3.8) is 0 Å². The fourth-order valence-corrected chi connectivity index (χ4v) is 1.60. The zero-order valence-electron chi connectivity index (χ0n) is 8.03. The van der Waals surface area contributed by atoms with E-state index < -0.39 is 27.7 Å². The third kappa shape index (κ3) is 1.70. The Bertz CT molecular complexity index is 697. The second-order valence-electron chi connectivity index (χ2n) is 3.22. The Kier molecular flexibility index (Phi) is 2.47. The highest BCUT2D eigenvalue weighted by atomic mass is 35.5. The number of hydrogen-bond acceptors (Lipinski definition) is 4. The minimum absolute atomic E-state index is 0.0694. The van der Waals surface area contributed by atoms with Gasteiger partial charge in [0.15, 0.2) is 0 Å². The first-order valence-electron chi connectivity index (χ1n) is 4.30. The highest BCUT2D eigenvalue weighted by Crippen LogP contribution is 2.32. The summed E-state index contributed by atoms with van der Waals surface area (Å²) >= 11 is 5.48. The van der Waals surface area contributed by atoms with E-state index in [0.29, 0.717) is 0 Å². The van der Waals surface area contributed by atoms with Crippen molar-refractivity contribution in [3.05, 3.63) is 43.4 Å². The number of rotatable bonds is 1. The van der Waals surface area contributed by atoms with Crippen LogP contribution in [0.2, 0.25) is 5.02 Å². The van der Waals surface area contributed by atoms with Gasteiger partial charge >= 0.3 is 11.2 Å². The van der Waals surface area contributed by atoms with Crippen molar-refractivity contribution in [2.75, 3.05) is 0 Å². The predicted molar refractivity (Wildman–Crippen MR) is 57.9 cm³/mol. The van der Waals surface area contributed by atoms with Gasteiger partial charge in [0.1, 0.15) is 5.82 Å². The molecule has 0 saturated heterocycles. The maximum Gasteiger partial charge on any atom is 0.375 e. The summed E-state index contributed by atoms with van der Waals surface area (Å²) in [5.74, 6) is -1.64. The van der Waals surface area contributed by atoms with Crippen molar-refractivity contribution in [3.8, 4) is 5.75 Å². The van der Waals surface area contributed by atoms with Crippen LogP contribution in [0, 0.1) is 15.9 Å². The summed E-state index contributed by atoms with van der Waals surface area (Å²) in [5, 5.41) is 19.7. The molecule has 0 unspecified atom stereocenters. The molecular weight excluding hydrogens is 255 g/mol. The highest BCUT2D eigenvalue weighted by Gasteiger charge is 2.22. The van der Waals surface area contributed by atoms with Gasteiger partial charge in [-0.05, 0) is 12.1 Å². The molecule has 2 N–H and O–H groups in total. The molecule has 88 valence electrons. The van der Waals surface area contributed by atoms with Gasteiger partial charge in [-0.15, -0.1) is 0 Å². The molecule has 8 heteroatoms. The maximum absolute atomic E-state index is 13.1. The van der Waals surface area contributed by atoms with E-state index in [1.54, 1.807) is 0 Å². The molecule has 0 amide bonds. The molecule has 0 bridgehead atoms. The molecule has 2 rings (SSSR count). The lowest BCUT2D eigenvalue weighted by atomic mass is 10.2. The molecule has 1 aromatic heterocycles. The number of aromatic nitrogens is 1. The Morgan fingerprint density at radius 1 is 1.47 bits per heavy atom. The highest BCUT2D eigenvalue weighted by molar-refractivity contribution is 6.31. The third-order valence-electron chi connectivity index (χ3n) is 2.19. The van der Waals surface area contributed by atoms with E-state index in [9.17, 15) is 24.4 Å². The molecule has 1 heterocycles. The lowest BCUT2D eigenvalue weighted by Gasteiger charge is -2.02. The van der Waals surface area contributed by atoms with Gasteiger partial charge in [-0.1, -0.05) is 11.6 Å². The molecule has 0 spiro atoms. The molecule has 17 heavy (non-hydrogen) atoms. The van der Waals surface area contributed by atoms with Gasteiger partial charge in [0.25, 0.3) is 0 Å². The normalized spacial score (nSPS) is 10.7. The average molecular weight is 259 g/mol. The summed E-state index contributed by atoms with van der Waals surface area (Å²) in [7, 11) is 0. The largest absolute Gasteiger partial charge is 0.501 e. The van der Waals surface area contributed by atoms with Crippen molar-refractivity contribution in [2.45, 2.75) is 0 Å². The number of nitrogens with zero attached hydrogens (tertiary/aromatic N) is 1. The fourth-order valence-electron chi connectivity index (χ4n) is 1.43. The van der Waals surface area contributed by atoms with Gasteiger partial charge in [0.2, 0.25) is 5.75 Å². The molecule has 0 saturated carbocycles. The number of aromatic amines is 1. The van der Waals surface area contributed by atoms with E-state index in [2.05, 4.69) is 4.98 Å². The number of nitro groups is 1. The Morgan fingerprint density at radius 3 is 2.71 bits per heavy atom. The van der Waals surface area contributed by atoms with Crippen LogP contribution in [0.4, 0.5) is 10.1 Å². The van der Waals surface area contributed by atoms with Crippen LogP contribution >= 0.6 is 11.6 Å². The Labute approximate surface area is 97.4 Å². The first kappa shape index (κ1) is 11.3. The van der Waals surface area contributed by atoms with Crippen LogP contribution in [0.1, 0.15) is 0 Å². The van der Waals surface area contributed by atoms with Crippen molar-refractivity contribution in [1.82, 2.24) is 4.98 Å².